The molecule has 172 valence electrons. The van der Waals surface area contributed by atoms with Crippen LogP contribution in [0.15, 0.2) is 48.8 Å². The summed E-state index contributed by atoms with van der Waals surface area (Å²) in [7, 11) is -0.613. The quantitative estimate of drug-likeness (QED) is 0.537. The van der Waals surface area contributed by atoms with Crippen molar-refractivity contribution in [2.24, 2.45) is 0 Å². The van der Waals surface area contributed by atoms with Gasteiger partial charge in [0.05, 0.1) is 17.3 Å². The van der Waals surface area contributed by atoms with Crippen molar-refractivity contribution < 1.29 is 29.1 Å². The zero-order valence-electron chi connectivity index (χ0n) is 18.9. The van der Waals surface area contributed by atoms with Crippen LogP contribution in [0.1, 0.15) is 51.3 Å². The zero-order chi connectivity index (χ0) is 23.4. The zero-order valence-corrected chi connectivity index (χ0v) is 18.9. The monoisotopic (exact) mass is 442 g/mol. The van der Waals surface area contributed by atoms with Crippen LogP contribution in [0.2, 0.25) is 0 Å². The molecule has 3 rings (SSSR count). The highest BCUT2D eigenvalue weighted by molar-refractivity contribution is 6.62. The number of nitrogens with zero attached hydrogens (tertiary/aromatic N) is 1. The average molecular weight is 442 g/mol. The van der Waals surface area contributed by atoms with Gasteiger partial charge in [-0.25, -0.2) is 4.79 Å². The van der Waals surface area contributed by atoms with Crippen molar-refractivity contribution >= 4 is 18.7 Å². The van der Waals surface area contributed by atoms with Crippen LogP contribution >= 0.6 is 0 Å². The summed E-state index contributed by atoms with van der Waals surface area (Å²) in [5, 5.41) is 23.5. The number of rotatable bonds is 8. The lowest BCUT2D eigenvalue weighted by Crippen LogP contribution is -2.41. The Hall–Kier alpha value is -2.46. The van der Waals surface area contributed by atoms with E-state index in [9.17, 15) is 15.0 Å². The summed E-state index contributed by atoms with van der Waals surface area (Å²) in [4.78, 5) is 16.0. The molecule has 9 heteroatoms. The van der Waals surface area contributed by atoms with E-state index in [0.29, 0.717) is 11.0 Å². The van der Waals surface area contributed by atoms with E-state index in [1.54, 1.807) is 12.3 Å². The molecule has 2 atom stereocenters. The number of aliphatic hydroxyl groups is 2. The fourth-order valence-corrected chi connectivity index (χ4v) is 3.22. The van der Waals surface area contributed by atoms with Crippen LogP contribution in [0.4, 0.5) is 4.79 Å². The molecule has 0 saturated carbocycles. The van der Waals surface area contributed by atoms with Gasteiger partial charge in [0.2, 0.25) is 0 Å². The largest absolute Gasteiger partial charge is 0.496 e. The van der Waals surface area contributed by atoms with E-state index in [2.05, 4.69) is 10.3 Å². The summed E-state index contributed by atoms with van der Waals surface area (Å²) in [6.45, 7) is 8.15. The normalized spacial score (nSPS) is 18.8. The van der Waals surface area contributed by atoms with Gasteiger partial charge in [0.15, 0.2) is 0 Å². The fourth-order valence-electron chi connectivity index (χ4n) is 3.22. The fraction of sp³-hybridized carbons (Fsp3) is 0.478. The first-order valence-electron chi connectivity index (χ1n) is 10.7. The first-order chi connectivity index (χ1) is 15.1. The highest BCUT2D eigenvalue weighted by Gasteiger charge is 2.51. The Morgan fingerprint density at radius 1 is 1.12 bits per heavy atom. The molecule has 2 heterocycles. The molecule has 0 aliphatic carbocycles. The number of carbonyl (C=O) groups is 1. The minimum atomic E-state index is -1.17. The molecule has 0 radical (unpaired) electrons. The first kappa shape index (κ1) is 24.2. The van der Waals surface area contributed by atoms with Crippen LogP contribution in [0.25, 0.3) is 0 Å². The van der Waals surface area contributed by atoms with Crippen LogP contribution in [0, 0.1) is 0 Å². The number of hydrogen-bond donors (Lipinski definition) is 3. The molecule has 1 amide bonds. The van der Waals surface area contributed by atoms with Gasteiger partial charge in [0.25, 0.3) is 0 Å². The number of carbonyl (C=O) groups excluding carboxylic acids is 1. The van der Waals surface area contributed by atoms with Crippen molar-refractivity contribution in [3.8, 4) is 0 Å². The lowest BCUT2D eigenvalue weighted by molar-refractivity contribution is 0.00578. The molecule has 1 saturated heterocycles. The number of aromatic nitrogens is 1. The Morgan fingerprint density at radius 2 is 1.78 bits per heavy atom. The van der Waals surface area contributed by atoms with E-state index in [1.807, 2.05) is 58.0 Å². The van der Waals surface area contributed by atoms with Gasteiger partial charge in [-0.05, 0) is 39.7 Å². The minimum absolute atomic E-state index is 0.141. The van der Waals surface area contributed by atoms with Gasteiger partial charge < -0.3 is 29.6 Å². The Balaban J connectivity index is 1.49. The number of pyridine rings is 1. The van der Waals surface area contributed by atoms with E-state index in [1.165, 1.54) is 6.20 Å². The first-order valence-corrected chi connectivity index (χ1v) is 10.7. The molecule has 0 bridgehead atoms. The number of ether oxygens (including phenoxy) is 1. The van der Waals surface area contributed by atoms with Crippen molar-refractivity contribution in [1.82, 2.24) is 10.3 Å². The number of amides is 1. The molecule has 1 fully saturated rings. The lowest BCUT2D eigenvalue weighted by Gasteiger charge is -2.32. The van der Waals surface area contributed by atoms with Crippen molar-refractivity contribution in [2.75, 3.05) is 6.54 Å². The molecule has 1 aliphatic rings. The van der Waals surface area contributed by atoms with Gasteiger partial charge >= 0.3 is 13.2 Å². The van der Waals surface area contributed by atoms with Gasteiger partial charge in [0, 0.05) is 30.0 Å². The molecule has 2 aromatic rings. The molecule has 3 N–H and O–H groups in total. The second-order valence-electron chi connectivity index (χ2n) is 8.93. The van der Waals surface area contributed by atoms with Crippen LogP contribution in [-0.4, -0.2) is 52.3 Å². The summed E-state index contributed by atoms with van der Waals surface area (Å²) >= 11 is 0. The van der Waals surface area contributed by atoms with Gasteiger partial charge in [-0.3, -0.25) is 4.98 Å². The van der Waals surface area contributed by atoms with E-state index in [0.717, 1.165) is 5.56 Å². The van der Waals surface area contributed by atoms with Crippen LogP contribution in [-0.2, 0) is 20.7 Å². The predicted molar refractivity (Wildman–Crippen MR) is 120 cm³/mol. The third-order valence-corrected chi connectivity index (χ3v) is 5.93. The Morgan fingerprint density at radius 3 is 2.44 bits per heavy atom. The number of alkyl carbamates (subject to hydrolysis) is 1. The van der Waals surface area contributed by atoms with Crippen LogP contribution in [0.5, 0.6) is 0 Å². The number of nitrogens with one attached hydrogen (secondary N) is 1. The van der Waals surface area contributed by atoms with Gasteiger partial charge in [-0.15, -0.1) is 0 Å². The second-order valence-corrected chi connectivity index (χ2v) is 8.93. The summed E-state index contributed by atoms with van der Waals surface area (Å²) in [5.41, 5.74) is 0.998. The average Bonchev–Trinajstić information content (AvgIpc) is 2.99. The maximum atomic E-state index is 11.8. The molecular formula is C23H31BN2O6. The van der Waals surface area contributed by atoms with Crippen molar-refractivity contribution in [1.29, 1.82) is 0 Å². The molecule has 1 aliphatic heterocycles. The minimum Gasteiger partial charge on any atom is -0.445 e. The Bertz CT molecular complexity index is 892. The van der Waals surface area contributed by atoms with E-state index in [-0.39, 0.29) is 19.6 Å². The van der Waals surface area contributed by atoms with E-state index in [4.69, 9.17) is 14.0 Å². The Kier molecular flexibility index (Phi) is 7.56. The summed E-state index contributed by atoms with van der Waals surface area (Å²) in [6, 6.07) is 11.1. The van der Waals surface area contributed by atoms with Gasteiger partial charge in [-0.2, -0.15) is 0 Å². The van der Waals surface area contributed by atoms with Crippen LogP contribution < -0.4 is 10.8 Å². The summed E-state index contributed by atoms with van der Waals surface area (Å²) in [5.74, 6) is 0. The highest BCUT2D eigenvalue weighted by Crippen LogP contribution is 2.36. The molecule has 8 nitrogen and oxygen atoms in total. The van der Waals surface area contributed by atoms with E-state index < -0.39 is 36.6 Å². The maximum absolute atomic E-state index is 11.8. The molecular weight excluding hydrogens is 411 g/mol. The van der Waals surface area contributed by atoms with E-state index >= 15 is 0 Å². The second kappa shape index (κ2) is 10.00. The van der Waals surface area contributed by atoms with Crippen molar-refractivity contribution in [3.63, 3.8) is 0 Å². The molecule has 2 unspecified atom stereocenters. The topological polar surface area (TPSA) is 110 Å². The van der Waals surface area contributed by atoms with Crippen LogP contribution in [0.3, 0.4) is 0 Å². The highest BCUT2D eigenvalue weighted by atomic mass is 16.7. The Labute approximate surface area is 189 Å². The summed E-state index contributed by atoms with van der Waals surface area (Å²) < 4.78 is 17.2. The van der Waals surface area contributed by atoms with Crippen molar-refractivity contribution in [2.45, 2.75) is 64.1 Å². The van der Waals surface area contributed by atoms with Gasteiger partial charge in [-0.1, -0.05) is 36.4 Å². The number of hydrogen-bond acceptors (Lipinski definition) is 7. The third-order valence-electron chi connectivity index (χ3n) is 5.93. The SMILES string of the molecule is CC1(C)OB(c2cncc(C(O)C(O)CCNC(=O)OCc3ccccc3)c2)OC1(C)C. The summed E-state index contributed by atoms with van der Waals surface area (Å²) in [6.07, 6.45) is 0.397. The maximum Gasteiger partial charge on any atom is 0.496 e. The molecule has 1 aromatic heterocycles. The lowest BCUT2D eigenvalue weighted by atomic mass is 9.79. The smallest absolute Gasteiger partial charge is 0.445 e. The van der Waals surface area contributed by atoms with Crippen molar-refractivity contribution in [3.05, 3.63) is 59.9 Å². The number of aliphatic hydroxyl groups excluding tert-OH is 2. The number of benzene rings is 1. The van der Waals surface area contributed by atoms with Gasteiger partial charge in [0.1, 0.15) is 12.7 Å². The molecule has 1 aromatic carbocycles. The molecule has 32 heavy (non-hydrogen) atoms. The molecule has 0 spiro atoms. The standard InChI is InChI=1S/C23H31BN2O6/c1-22(2)23(3,4)32-24(31-22)18-12-17(13-25-14-18)20(28)19(27)10-11-26-21(29)30-15-16-8-6-5-7-9-16/h5-9,12-14,19-20,27-28H,10-11,15H2,1-4H3,(H,26,29). The predicted octanol–water partition coefficient (Wildman–Crippen LogP) is 2.09. The third kappa shape index (κ3) is 5.86.